The van der Waals surface area contributed by atoms with Gasteiger partial charge in [0.1, 0.15) is 23.1 Å². The number of nitriles is 1. The van der Waals surface area contributed by atoms with Crippen LogP contribution in [0.1, 0.15) is 18.1 Å². The van der Waals surface area contributed by atoms with E-state index in [9.17, 15) is 25.0 Å². The predicted octanol–water partition coefficient (Wildman–Crippen LogP) is 5.30. The molecule has 2 amide bonds. The van der Waals surface area contributed by atoms with Crippen LogP contribution in [0.25, 0.3) is 23.0 Å². The van der Waals surface area contributed by atoms with Crippen LogP contribution >= 0.6 is 0 Å². The molecule has 0 unspecified atom stereocenters. The Morgan fingerprint density at radius 2 is 1.73 bits per heavy atom. The lowest BCUT2D eigenvalue weighted by Crippen LogP contribution is -2.43. The van der Waals surface area contributed by atoms with Crippen molar-refractivity contribution in [2.45, 2.75) is 13.3 Å². The van der Waals surface area contributed by atoms with Crippen LogP contribution in [-0.4, -0.2) is 52.2 Å². The van der Waals surface area contributed by atoms with E-state index < -0.39 is 16.7 Å². The van der Waals surface area contributed by atoms with Crippen molar-refractivity contribution in [3.63, 3.8) is 0 Å². The van der Waals surface area contributed by atoms with Crippen molar-refractivity contribution < 1.29 is 24.0 Å². The molecule has 0 fully saturated rings. The molecule has 0 aliphatic carbocycles. The Labute approximate surface area is 253 Å². The lowest BCUT2D eigenvalue weighted by atomic mass is 9.93. The van der Waals surface area contributed by atoms with E-state index in [1.165, 1.54) is 19.2 Å². The first kappa shape index (κ1) is 29.5. The van der Waals surface area contributed by atoms with Crippen LogP contribution in [0.15, 0.2) is 95.7 Å². The van der Waals surface area contributed by atoms with Crippen LogP contribution in [0.3, 0.4) is 0 Å². The quantitative estimate of drug-likeness (QED) is 0.111. The number of carbonyl (C=O) groups excluding carboxylic acids is 2. The highest BCUT2D eigenvalue weighted by molar-refractivity contribution is 6.19. The van der Waals surface area contributed by atoms with E-state index in [0.717, 1.165) is 16.2 Å². The number of amides is 2. The Morgan fingerprint density at radius 1 is 1.00 bits per heavy atom. The Kier molecular flexibility index (Phi) is 8.35. The van der Waals surface area contributed by atoms with E-state index in [0.29, 0.717) is 29.0 Å². The van der Waals surface area contributed by atoms with Gasteiger partial charge in [-0.3, -0.25) is 24.6 Å². The minimum atomic E-state index is -0.661. The molecule has 0 radical (unpaired) electrons. The zero-order valence-electron chi connectivity index (χ0n) is 24.2. The fourth-order valence-electron chi connectivity index (χ4n) is 4.93. The zero-order valence-corrected chi connectivity index (χ0v) is 24.2. The summed E-state index contributed by atoms with van der Waals surface area (Å²) in [5.74, 6) is -0.443. The van der Waals surface area contributed by atoms with E-state index in [2.05, 4.69) is 0 Å². The second-order valence-electron chi connectivity index (χ2n) is 9.89. The van der Waals surface area contributed by atoms with E-state index in [1.54, 1.807) is 49.2 Å². The van der Waals surface area contributed by atoms with Crippen molar-refractivity contribution in [2.24, 2.45) is 0 Å². The monoisotopic (exact) mass is 589 g/mol. The van der Waals surface area contributed by atoms with E-state index in [1.807, 2.05) is 48.5 Å². The first-order chi connectivity index (χ1) is 21.2. The number of hydrogen-bond acceptors (Lipinski definition) is 8. The maximum absolute atomic E-state index is 13.8. The lowest BCUT2D eigenvalue weighted by molar-refractivity contribution is -0.385. The van der Waals surface area contributed by atoms with Gasteiger partial charge < -0.3 is 9.47 Å². The molecule has 0 saturated heterocycles. The molecule has 0 bridgehead atoms. The predicted molar refractivity (Wildman–Crippen MR) is 162 cm³/mol. The molecule has 0 spiro atoms. The fraction of sp³-hybridized carbons (Fsp3) is 0.152. The van der Waals surface area contributed by atoms with Gasteiger partial charge in [0.2, 0.25) is 0 Å². The topological polar surface area (TPSA) is 141 Å². The second kappa shape index (κ2) is 12.5. The minimum Gasteiger partial charge on any atom is -0.497 e. The molecular formula is C33H27N5O6. The number of para-hydroxylation sites is 1. The zero-order chi connectivity index (χ0) is 31.4. The third-order valence-electron chi connectivity index (χ3n) is 7.32. The Hall–Kier alpha value is -6.02. The highest BCUT2D eigenvalue weighted by atomic mass is 16.6. The van der Waals surface area contributed by atoms with Gasteiger partial charge in [0, 0.05) is 35.5 Å². The van der Waals surface area contributed by atoms with Crippen molar-refractivity contribution in [1.29, 1.82) is 5.26 Å². The first-order valence-electron chi connectivity index (χ1n) is 13.6. The molecule has 3 aromatic carbocycles. The van der Waals surface area contributed by atoms with Crippen LogP contribution in [-0.2, 0) is 16.0 Å². The van der Waals surface area contributed by atoms with Gasteiger partial charge in [-0.15, -0.1) is 0 Å². The number of nitrogens with zero attached hydrogens (tertiary/aromatic N) is 5. The van der Waals surface area contributed by atoms with E-state index in [-0.39, 0.29) is 34.7 Å². The largest absolute Gasteiger partial charge is 0.497 e. The molecule has 0 saturated carbocycles. The molecule has 1 aliphatic rings. The molecule has 1 aliphatic heterocycles. The van der Waals surface area contributed by atoms with Crippen molar-refractivity contribution >= 4 is 23.6 Å². The fourth-order valence-corrected chi connectivity index (χ4v) is 4.93. The van der Waals surface area contributed by atoms with Gasteiger partial charge in [0.05, 0.1) is 24.8 Å². The third-order valence-corrected chi connectivity index (χ3v) is 7.32. The number of nitro groups is 1. The van der Waals surface area contributed by atoms with Gasteiger partial charge in [-0.05, 0) is 67.0 Å². The van der Waals surface area contributed by atoms with Crippen molar-refractivity contribution in [1.82, 2.24) is 14.7 Å². The summed E-state index contributed by atoms with van der Waals surface area (Å²) in [6.45, 7) is 1.61. The Morgan fingerprint density at radius 3 is 2.36 bits per heavy atom. The van der Waals surface area contributed by atoms with Gasteiger partial charge in [-0.2, -0.15) is 10.4 Å². The summed E-state index contributed by atoms with van der Waals surface area (Å²) in [6, 6.07) is 23.0. The smallest absolute Gasteiger partial charge is 0.311 e. The molecule has 11 heteroatoms. The summed E-state index contributed by atoms with van der Waals surface area (Å²) in [4.78, 5) is 39.3. The molecule has 11 nitrogen and oxygen atoms in total. The van der Waals surface area contributed by atoms with E-state index >= 15 is 0 Å². The summed E-state index contributed by atoms with van der Waals surface area (Å²) in [5.41, 5.74) is 2.83. The van der Waals surface area contributed by atoms with Gasteiger partial charge in [-0.25, -0.2) is 4.68 Å². The van der Waals surface area contributed by atoms with Gasteiger partial charge in [0.25, 0.3) is 11.8 Å². The number of methoxy groups -OCH3 is 2. The number of benzene rings is 3. The standard InChI is InChI=1S/C33H27N5O6/c1-21-27(32(39)36(33(40)28(21)19-34)16-15-22-9-12-26(43-2)13-10-22)17-24-20-37(25-7-5-4-6-8-25)35-31(24)23-11-14-30(44-3)29(18-23)38(41)42/h4-14,17-18,20H,15-16H2,1-3H3/b27-17+. The Balaban J connectivity index is 1.60. The Bertz CT molecular complexity index is 1870. The summed E-state index contributed by atoms with van der Waals surface area (Å²) in [6.07, 6.45) is 3.64. The lowest BCUT2D eigenvalue weighted by Gasteiger charge is -2.27. The van der Waals surface area contributed by atoms with Crippen molar-refractivity contribution in [3.05, 3.63) is 117 Å². The maximum Gasteiger partial charge on any atom is 0.311 e. The molecule has 1 aromatic heterocycles. The second-order valence-corrected chi connectivity index (χ2v) is 9.89. The SMILES string of the molecule is COc1ccc(CCN2C(=O)C(C#N)=C(C)/C(=C\c3cn(-c4ccccc4)nc3-c3ccc(OC)c([N+](=O)[O-])c3)C2=O)cc1. The molecule has 2 heterocycles. The normalized spacial score (nSPS) is 14.1. The molecule has 44 heavy (non-hydrogen) atoms. The summed E-state index contributed by atoms with van der Waals surface area (Å²) < 4.78 is 12.0. The summed E-state index contributed by atoms with van der Waals surface area (Å²) in [7, 11) is 2.91. The number of rotatable bonds is 9. The first-order valence-corrected chi connectivity index (χ1v) is 13.6. The number of nitro benzene ring substituents is 1. The van der Waals surface area contributed by atoms with Crippen LogP contribution in [0.2, 0.25) is 0 Å². The van der Waals surface area contributed by atoms with Crippen LogP contribution in [0.5, 0.6) is 11.5 Å². The third kappa shape index (κ3) is 5.69. The number of ether oxygens (including phenoxy) is 2. The number of aromatic nitrogens is 2. The highest BCUT2D eigenvalue weighted by Crippen LogP contribution is 2.35. The molecule has 5 rings (SSSR count). The number of imide groups is 1. The number of hydrogen-bond donors (Lipinski definition) is 0. The minimum absolute atomic E-state index is 0.0562. The molecule has 0 N–H and O–H groups in total. The van der Waals surface area contributed by atoms with Gasteiger partial charge in [0.15, 0.2) is 5.75 Å². The molecule has 4 aromatic rings. The van der Waals surface area contributed by atoms with Crippen LogP contribution < -0.4 is 9.47 Å². The van der Waals surface area contributed by atoms with Gasteiger partial charge in [-0.1, -0.05) is 30.3 Å². The van der Waals surface area contributed by atoms with Crippen molar-refractivity contribution in [3.8, 4) is 34.5 Å². The van der Waals surface area contributed by atoms with Crippen LogP contribution in [0.4, 0.5) is 5.69 Å². The molecular weight excluding hydrogens is 562 g/mol. The summed E-state index contributed by atoms with van der Waals surface area (Å²) >= 11 is 0. The highest BCUT2D eigenvalue weighted by Gasteiger charge is 2.35. The van der Waals surface area contributed by atoms with Crippen molar-refractivity contribution in [2.75, 3.05) is 20.8 Å². The molecule has 0 atom stereocenters. The van der Waals surface area contributed by atoms with Crippen LogP contribution in [0, 0.1) is 21.4 Å². The number of carbonyl (C=O) groups is 2. The maximum atomic E-state index is 13.8. The summed E-state index contributed by atoms with van der Waals surface area (Å²) in [5, 5.41) is 26.4. The average molecular weight is 590 g/mol. The molecule has 220 valence electrons. The van der Waals surface area contributed by atoms with E-state index in [4.69, 9.17) is 14.6 Å². The average Bonchev–Trinajstić information content (AvgIpc) is 3.47. The van der Waals surface area contributed by atoms with Gasteiger partial charge >= 0.3 is 5.69 Å².